The molecule has 22 heavy (non-hydrogen) atoms. The monoisotopic (exact) mass is 363 g/mol. The van der Waals surface area contributed by atoms with Gasteiger partial charge < -0.3 is 15.2 Å². The van der Waals surface area contributed by atoms with Gasteiger partial charge in [-0.2, -0.15) is 0 Å². The third-order valence-electron chi connectivity index (χ3n) is 2.91. The summed E-state index contributed by atoms with van der Waals surface area (Å²) in [6, 6.07) is 13.2. The zero-order valence-corrected chi connectivity index (χ0v) is 13.3. The highest BCUT2D eigenvalue weighted by Gasteiger charge is 2.16. The Morgan fingerprint density at radius 3 is 2.36 bits per heavy atom. The van der Waals surface area contributed by atoms with E-state index in [9.17, 15) is 9.59 Å². The van der Waals surface area contributed by atoms with Crippen molar-refractivity contribution in [3.63, 3.8) is 0 Å². The summed E-state index contributed by atoms with van der Waals surface area (Å²) < 4.78 is 6.35. The average molecular weight is 364 g/mol. The zero-order valence-electron chi connectivity index (χ0n) is 11.7. The van der Waals surface area contributed by atoms with Gasteiger partial charge in [-0.15, -0.1) is 0 Å². The summed E-state index contributed by atoms with van der Waals surface area (Å²) in [7, 11) is 0. The lowest BCUT2D eigenvalue weighted by Crippen LogP contribution is -2.30. The predicted molar refractivity (Wildman–Crippen MR) is 86.3 cm³/mol. The molecule has 0 saturated heterocycles. The number of carbonyl (C=O) groups excluding carboxylic acids is 1. The van der Waals surface area contributed by atoms with Crippen molar-refractivity contribution in [2.24, 2.45) is 0 Å². The molecule has 0 spiro atoms. The van der Waals surface area contributed by atoms with Crippen molar-refractivity contribution in [1.82, 2.24) is 0 Å². The number of carboxylic acids is 1. The number of anilines is 1. The van der Waals surface area contributed by atoms with Gasteiger partial charge >= 0.3 is 5.97 Å². The Kier molecular flexibility index (Phi) is 5.16. The number of aromatic carboxylic acids is 1. The summed E-state index contributed by atoms with van der Waals surface area (Å²) in [4.78, 5) is 22.8. The van der Waals surface area contributed by atoms with E-state index in [2.05, 4.69) is 21.2 Å². The van der Waals surface area contributed by atoms with Crippen molar-refractivity contribution in [3.05, 3.63) is 58.6 Å². The number of amides is 1. The number of rotatable bonds is 5. The van der Waals surface area contributed by atoms with Gasteiger partial charge in [-0.1, -0.05) is 12.1 Å². The molecule has 0 radical (unpaired) electrons. The summed E-state index contributed by atoms with van der Waals surface area (Å²) in [5.74, 6) is -0.756. The van der Waals surface area contributed by atoms with E-state index in [1.54, 1.807) is 13.0 Å². The van der Waals surface area contributed by atoms with Crippen molar-refractivity contribution in [2.45, 2.75) is 13.0 Å². The first kappa shape index (κ1) is 16.0. The molecule has 0 fully saturated rings. The van der Waals surface area contributed by atoms with E-state index in [0.717, 1.165) is 4.47 Å². The van der Waals surface area contributed by atoms with Gasteiger partial charge in [0, 0.05) is 5.69 Å². The molecular formula is C16H14BrNO4. The Morgan fingerprint density at radius 1 is 1.14 bits per heavy atom. The van der Waals surface area contributed by atoms with Gasteiger partial charge in [0.15, 0.2) is 6.10 Å². The van der Waals surface area contributed by atoms with E-state index in [1.165, 1.54) is 24.3 Å². The molecule has 0 aliphatic carbocycles. The van der Waals surface area contributed by atoms with Crippen LogP contribution in [0.2, 0.25) is 0 Å². The lowest BCUT2D eigenvalue weighted by molar-refractivity contribution is -0.122. The Balaban J connectivity index is 1.99. The molecular weight excluding hydrogens is 350 g/mol. The number of carboxylic acid groups (broad SMARTS) is 1. The number of nitrogens with one attached hydrogen (secondary N) is 1. The van der Waals surface area contributed by atoms with Gasteiger partial charge in [0.05, 0.1) is 10.0 Å². The number of para-hydroxylation sites is 1. The molecule has 0 aliphatic heterocycles. The maximum Gasteiger partial charge on any atom is 0.335 e. The van der Waals surface area contributed by atoms with Crippen LogP contribution in [0.3, 0.4) is 0 Å². The molecule has 0 bridgehead atoms. The van der Waals surface area contributed by atoms with Gasteiger partial charge in [-0.25, -0.2) is 4.79 Å². The number of halogens is 1. The van der Waals surface area contributed by atoms with Crippen molar-refractivity contribution in [3.8, 4) is 5.75 Å². The molecule has 114 valence electrons. The molecule has 0 saturated carbocycles. The SMILES string of the molecule is CC(Oc1ccccc1Br)C(=O)Nc1ccc(C(=O)O)cc1. The van der Waals surface area contributed by atoms with Crippen LogP contribution < -0.4 is 10.1 Å². The molecule has 0 aliphatic rings. The molecule has 1 atom stereocenters. The Labute approximate surface area is 136 Å². The van der Waals surface area contributed by atoms with Gasteiger partial charge in [0.25, 0.3) is 5.91 Å². The minimum absolute atomic E-state index is 0.163. The number of ether oxygens (including phenoxy) is 1. The number of hydrogen-bond donors (Lipinski definition) is 2. The van der Waals surface area contributed by atoms with Gasteiger partial charge in [0.1, 0.15) is 5.75 Å². The summed E-state index contributed by atoms with van der Waals surface area (Å²) in [5, 5.41) is 11.5. The van der Waals surface area contributed by atoms with Crippen LogP contribution in [0.25, 0.3) is 0 Å². The summed E-state index contributed by atoms with van der Waals surface area (Å²) in [5.41, 5.74) is 0.674. The number of hydrogen-bond acceptors (Lipinski definition) is 3. The quantitative estimate of drug-likeness (QED) is 0.851. The standard InChI is InChI=1S/C16H14BrNO4/c1-10(22-14-5-3-2-4-13(14)17)15(19)18-12-8-6-11(7-9-12)16(20)21/h2-10H,1H3,(H,18,19)(H,20,21). The first-order valence-electron chi connectivity index (χ1n) is 6.53. The highest BCUT2D eigenvalue weighted by Crippen LogP contribution is 2.25. The maximum absolute atomic E-state index is 12.1. The molecule has 2 aromatic rings. The Hall–Kier alpha value is -2.34. The van der Waals surface area contributed by atoms with E-state index in [1.807, 2.05) is 18.2 Å². The topological polar surface area (TPSA) is 75.6 Å². The largest absolute Gasteiger partial charge is 0.480 e. The van der Waals surface area contributed by atoms with Crippen LogP contribution in [0.4, 0.5) is 5.69 Å². The van der Waals surface area contributed by atoms with E-state index in [-0.39, 0.29) is 11.5 Å². The third kappa shape index (κ3) is 4.08. The van der Waals surface area contributed by atoms with Gasteiger partial charge in [-0.05, 0) is 59.3 Å². The van der Waals surface area contributed by atoms with Crippen molar-refractivity contribution < 1.29 is 19.4 Å². The Morgan fingerprint density at radius 2 is 1.77 bits per heavy atom. The average Bonchev–Trinajstić information content (AvgIpc) is 2.50. The van der Waals surface area contributed by atoms with Crippen LogP contribution >= 0.6 is 15.9 Å². The molecule has 0 heterocycles. The molecule has 6 heteroatoms. The van der Waals surface area contributed by atoms with Crippen LogP contribution in [-0.2, 0) is 4.79 Å². The lowest BCUT2D eigenvalue weighted by atomic mass is 10.2. The minimum Gasteiger partial charge on any atom is -0.480 e. The summed E-state index contributed by atoms with van der Waals surface area (Å²) in [6.45, 7) is 1.64. The molecule has 2 rings (SSSR count). The molecule has 0 aromatic heterocycles. The van der Waals surface area contributed by atoms with E-state index < -0.39 is 12.1 Å². The van der Waals surface area contributed by atoms with Crippen LogP contribution in [0.1, 0.15) is 17.3 Å². The predicted octanol–water partition coefficient (Wildman–Crippen LogP) is 3.55. The fourth-order valence-corrected chi connectivity index (χ4v) is 2.10. The maximum atomic E-state index is 12.1. The second-order valence-electron chi connectivity index (χ2n) is 4.56. The van der Waals surface area contributed by atoms with Crippen LogP contribution in [-0.4, -0.2) is 23.1 Å². The molecule has 1 unspecified atom stereocenters. The fourth-order valence-electron chi connectivity index (χ4n) is 1.72. The first-order chi connectivity index (χ1) is 10.5. The lowest BCUT2D eigenvalue weighted by Gasteiger charge is -2.15. The zero-order chi connectivity index (χ0) is 16.1. The van der Waals surface area contributed by atoms with E-state index >= 15 is 0 Å². The van der Waals surface area contributed by atoms with Crippen LogP contribution in [0, 0.1) is 0 Å². The van der Waals surface area contributed by atoms with Crippen molar-refractivity contribution >= 4 is 33.5 Å². The summed E-state index contributed by atoms with van der Waals surface area (Å²) in [6.07, 6.45) is -0.696. The first-order valence-corrected chi connectivity index (χ1v) is 7.32. The van der Waals surface area contributed by atoms with Gasteiger partial charge in [-0.3, -0.25) is 4.79 Å². The summed E-state index contributed by atoms with van der Waals surface area (Å²) >= 11 is 3.35. The normalized spacial score (nSPS) is 11.5. The third-order valence-corrected chi connectivity index (χ3v) is 3.56. The molecule has 2 N–H and O–H groups in total. The van der Waals surface area contributed by atoms with Crippen molar-refractivity contribution in [1.29, 1.82) is 0 Å². The second kappa shape index (κ2) is 7.09. The highest BCUT2D eigenvalue weighted by atomic mass is 79.9. The fraction of sp³-hybridized carbons (Fsp3) is 0.125. The van der Waals surface area contributed by atoms with Crippen LogP contribution in [0.5, 0.6) is 5.75 Å². The highest BCUT2D eigenvalue weighted by molar-refractivity contribution is 9.10. The minimum atomic E-state index is -1.01. The van der Waals surface area contributed by atoms with Crippen molar-refractivity contribution in [2.75, 3.05) is 5.32 Å². The van der Waals surface area contributed by atoms with E-state index in [4.69, 9.17) is 9.84 Å². The second-order valence-corrected chi connectivity index (χ2v) is 5.42. The molecule has 5 nitrogen and oxygen atoms in total. The van der Waals surface area contributed by atoms with Gasteiger partial charge in [0.2, 0.25) is 0 Å². The smallest absolute Gasteiger partial charge is 0.335 e. The number of carbonyl (C=O) groups is 2. The molecule has 1 amide bonds. The number of benzene rings is 2. The van der Waals surface area contributed by atoms with E-state index in [0.29, 0.717) is 11.4 Å². The molecule has 2 aromatic carbocycles. The van der Waals surface area contributed by atoms with Crippen LogP contribution in [0.15, 0.2) is 53.0 Å². The Bertz CT molecular complexity index is 685.